The third-order valence-corrected chi connectivity index (χ3v) is 5.79. The molecule has 0 heterocycles. The van der Waals surface area contributed by atoms with Crippen molar-refractivity contribution in [1.29, 1.82) is 0 Å². The zero-order valence-electron chi connectivity index (χ0n) is 21.8. The van der Waals surface area contributed by atoms with E-state index in [-0.39, 0.29) is 24.8 Å². The van der Waals surface area contributed by atoms with Crippen LogP contribution in [0.1, 0.15) is 65.5 Å². The van der Waals surface area contributed by atoms with Crippen molar-refractivity contribution in [3.05, 3.63) is 58.6 Å². The van der Waals surface area contributed by atoms with Crippen molar-refractivity contribution in [2.45, 2.75) is 78.9 Å². The van der Waals surface area contributed by atoms with Crippen LogP contribution < -0.4 is 14.8 Å². The molecule has 0 spiro atoms. The van der Waals surface area contributed by atoms with E-state index in [0.29, 0.717) is 42.6 Å². The van der Waals surface area contributed by atoms with Crippen molar-refractivity contribution < 1.29 is 19.1 Å². The first-order valence-electron chi connectivity index (χ1n) is 12.3. The number of ether oxygens (including phenoxy) is 2. The van der Waals surface area contributed by atoms with Crippen LogP contribution in [0.2, 0.25) is 5.02 Å². The average Bonchev–Trinajstić information content (AvgIpc) is 2.79. The standard InChI is InChI=1S/C28H39ClN2O4/c1-7-23(27(33)30-28(4,5)6)31(19-21-12-10-11-13-22(21)29)26(32)17-15-20-14-16-24(34-8-2)25(18-20)35-9-3/h10-14,16,18,23H,7-9,15,17,19H2,1-6H3,(H,30,33)/t23-/m1/s1. The number of nitrogens with one attached hydrogen (secondary N) is 1. The predicted molar refractivity (Wildman–Crippen MR) is 141 cm³/mol. The highest BCUT2D eigenvalue weighted by Crippen LogP contribution is 2.29. The Bertz CT molecular complexity index is 987. The molecular formula is C28H39ClN2O4. The maximum absolute atomic E-state index is 13.5. The van der Waals surface area contributed by atoms with Crippen LogP contribution in [0.5, 0.6) is 11.5 Å². The van der Waals surface area contributed by atoms with E-state index in [1.54, 1.807) is 11.0 Å². The van der Waals surface area contributed by atoms with Crippen molar-refractivity contribution in [1.82, 2.24) is 10.2 Å². The normalized spacial score (nSPS) is 12.1. The van der Waals surface area contributed by atoms with Gasteiger partial charge >= 0.3 is 0 Å². The number of carbonyl (C=O) groups is 2. The lowest BCUT2D eigenvalue weighted by atomic mass is 10.0. The summed E-state index contributed by atoms with van der Waals surface area (Å²) in [5.41, 5.74) is 1.38. The van der Waals surface area contributed by atoms with Crippen molar-refractivity contribution in [3.8, 4) is 11.5 Å². The van der Waals surface area contributed by atoms with Gasteiger partial charge in [-0.25, -0.2) is 0 Å². The Hall–Kier alpha value is -2.73. The van der Waals surface area contributed by atoms with Gasteiger partial charge in [-0.3, -0.25) is 9.59 Å². The maximum Gasteiger partial charge on any atom is 0.243 e. The molecule has 2 aromatic rings. The molecule has 192 valence electrons. The Morgan fingerprint density at radius 1 is 1.00 bits per heavy atom. The van der Waals surface area contributed by atoms with E-state index in [0.717, 1.165) is 11.1 Å². The smallest absolute Gasteiger partial charge is 0.243 e. The second kappa shape index (κ2) is 13.4. The van der Waals surface area contributed by atoms with Crippen LogP contribution in [0, 0.1) is 0 Å². The lowest BCUT2D eigenvalue weighted by Gasteiger charge is -2.33. The van der Waals surface area contributed by atoms with Crippen molar-refractivity contribution in [2.75, 3.05) is 13.2 Å². The summed E-state index contributed by atoms with van der Waals surface area (Å²) in [4.78, 5) is 28.3. The fourth-order valence-corrected chi connectivity index (χ4v) is 4.02. The molecule has 0 aliphatic rings. The van der Waals surface area contributed by atoms with Crippen molar-refractivity contribution >= 4 is 23.4 Å². The monoisotopic (exact) mass is 502 g/mol. The van der Waals surface area contributed by atoms with Crippen LogP contribution in [0.4, 0.5) is 0 Å². The van der Waals surface area contributed by atoms with Gasteiger partial charge in [-0.1, -0.05) is 42.8 Å². The Morgan fingerprint density at radius 3 is 2.26 bits per heavy atom. The first-order valence-corrected chi connectivity index (χ1v) is 12.7. The largest absolute Gasteiger partial charge is 0.490 e. The van der Waals surface area contributed by atoms with Gasteiger partial charge in [-0.15, -0.1) is 0 Å². The summed E-state index contributed by atoms with van der Waals surface area (Å²) in [5.74, 6) is 1.09. The van der Waals surface area contributed by atoms with E-state index < -0.39 is 11.6 Å². The molecule has 7 heteroatoms. The van der Waals surface area contributed by atoms with E-state index in [1.165, 1.54) is 0 Å². The van der Waals surface area contributed by atoms with Gasteiger partial charge < -0.3 is 19.7 Å². The highest BCUT2D eigenvalue weighted by Gasteiger charge is 2.30. The van der Waals surface area contributed by atoms with E-state index in [9.17, 15) is 9.59 Å². The summed E-state index contributed by atoms with van der Waals surface area (Å²) in [6.45, 7) is 12.9. The molecule has 0 bridgehead atoms. The molecule has 35 heavy (non-hydrogen) atoms. The SMILES string of the molecule is CCOc1ccc(CCC(=O)N(Cc2ccccc2Cl)[C@H](CC)C(=O)NC(C)(C)C)cc1OCC. The zero-order chi connectivity index (χ0) is 26.0. The summed E-state index contributed by atoms with van der Waals surface area (Å²) >= 11 is 6.40. The molecule has 0 unspecified atom stereocenters. The summed E-state index contributed by atoms with van der Waals surface area (Å²) in [5, 5.41) is 3.60. The lowest BCUT2D eigenvalue weighted by Crippen LogP contribution is -2.53. The van der Waals surface area contributed by atoms with Crippen LogP contribution in [-0.2, 0) is 22.6 Å². The molecule has 0 radical (unpaired) electrons. The number of hydrogen-bond donors (Lipinski definition) is 1. The average molecular weight is 503 g/mol. The summed E-state index contributed by atoms with van der Waals surface area (Å²) in [7, 11) is 0. The molecule has 1 N–H and O–H groups in total. The Labute approximate surface area is 214 Å². The lowest BCUT2D eigenvalue weighted by molar-refractivity contribution is -0.142. The van der Waals surface area contributed by atoms with Crippen LogP contribution in [0.15, 0.2) is 42.5 Å². The number of aryl methyl sites for hydroxylation is 1. The Morgan fingerprint density at radius 2 is 1.66 bits per heavy atom. The molecule has 6 nitrogen and oxygen atoms in total. The summed E-state index contributed by atoms with van der Waals surface area (Å²) in [6, 6.07) is 12.6. The minimum absolute atomic E-state index is 0.104. The second-order valence-electron chi connectivity index (χ2n) is 9.42. The minimum atomic E-state index is -0.600. The third kappa shape index (κ3) is 8.77. The highest BCUT2D eigenvalue weighted by atomic mass is 35.5. The highest BCUT2D eigenvalue weighted by molar-refractivity contribution is 6.31. The first-order chi connectivity index (χ1) is 16.6. The van der Waals surface area contributed by atoms with E-state index in [2.05, 4.69) is 5.32 Å². The molecule has 2 rings (SSSR count). The quantitative estimate of drug-likeness (QED) is 0.398. The Kier molecular flexibility index (Phi) is 10.9. The molecule has 1 atom stereocenters. The van der Waals surface area contributed by atoms with Gasteiger partial charge in [0, 0.05) is 23.5 Å². The van der Waals surface area contributed by atoms with Crippen molar-refractivity contribution in [2.24, 2.45) is 0 Å². The fraction of sp³-hybridized carbons (Fsp3) is 0.500. The Balaban J connectivity index is 2.27. The number of rotatable bonds is 12. The number of halogens is 1. The predicted octanol–water partition coefficient (Wildman–Crippen LogP) is 5.79. The molecule has 0 saturated heterocycles. The van der Waals surface area contributed by atoms with Crippen LogP contribution in [0.3, 0.4) is 0 Å². The molecule has 0 aliphatic carbocycles. The van der Waals surface area contributed by atoms with E-state index in [1.807, 2.05) is 77.9 Å². The van der Waals surface area contributed by atoms with Gasteiger partial charge in [0.05, 0.1) is 13.2 Å². The molecule has 0 fully saturated rings. The summed E-state index contributed by atoms with van der Waals surface area (Å²) < 4.78 is 11.4. The third-order valence-electron chi connectivity index (χ3n) is 5.42. The van der Waals surface area contributed by atoms with Gasteiger partial charge in [-0.05, 0) is 76.8 Å². The second-order valence-corrected chi connectivity index (χ2v) is 9.83. The minimum Gasteiger partial charge on any atom is -0.490 e. The topological polar surface area (TPSA) is 67.9 Å². The molecule has 0 aliphatic heterocycles. The van der Waals surface area contributed by atoms with Crippen molar-refractivity contribution in [3.63, 3.8) is 0 Å². The van der Waals surface area contributed by atoms with Gasteiger partial charge in [0.25, 0.3) is 0 Å². The van der Waals surface area contributed by atoms with E-state index >= 15 is 0 Å². The molecular weight excluding hydrogens is 464 g/mol. The molecule has 0 aromatic heterocycles. The van der Waals surface area contributed by atoms with E-state index in [4.69, 9.17) is 21.1 Å². The zero-order valence-corrected chi connectivity index (χ0v) is 22.6. The fourth-order valence-electron chi connectivity index (χ4n) is 3.83. The van der Waals surface area contributed by atoms with Gasteiger partial charge in [0.2, 0.25) is 11.8 Å². The van der Waals surface area contributed by atoms with Gasteiger partial charge in [0.1, 0.15) is 6.04 Å². The van der Waals surface area contributed by atoms with Crippen LogP contribution >= 0.6 is 11.6 Å². The number of amides is 2. The number of nitrogens with zero attached hydrogens (tertiary/aromatic N) is 1. The molecule has 0 saturated carbocycles. The molecule has 2 amide bonds. The summed E-state index contributed by atoms with van der Waals surface area (Å²) in [6.07, 6.45) is 1.26. The van der Waals surface area contributed by atoms with Crippen LogP contribution in [-0.4, -0.2) is 41.5 Å². The van der Waals surface area contributed by atoms with Gasteiger partial charge in [0.15, 0.2) is 11.5 Å². The number of benzene rings is 2. The van der Waals surface area contributed by atoms with Crippen LogP contribution in [0.25, 0.3) is 0 Å². The first kappa shape index (κ1) is 28.5. The number of hydrogen-bond acceptors (Lipinski definition) is 4. The van der Waals surface area contributed by atoms with Gasteiger partial charge in [-0.2, -0.15) is 0 Å². The maximum atomic E-state index is 13.5. The number of carbonyl (C=O) groups excluding carboxylic acids is 2. The molecule has 2 aromatic carbocycles.